The summed E-state index contributed by atoms with van der Waals surface area (Å²) in [4.78, 5) is 11.3. The molecule has 0 spiro atoms. The van der Waals surface area contributed by atoms with Crippen molar-refractivity contribution in [3.63, 3.8) is 0 Å². The first-order valence-corrected chi connectivity index (χ1v) is 11.0. The smallest absolute Gasteiger partial charge is 0.416 e. The van der Waals surface area contributed by atoms with Crippen LogP contribution < -0.4 is 19.5 Å². The average molecular weight is 478 g/mol. The minimum absolute atomic E-state index is 0.00640. The molecule has 0 bridgehead atoms. The molecule has 0 fully saturated rings. The molecule has 3 aromatic carbocycles. The molecule has 0 radical (unpaired) electrons. The van der Waals surface area contributed by atoms with E-state index in [0.717, 1.165) is 12.1 Å². The number of hydrogen-bond donors (Lipinski definition) is 2. The quantitative estimate of drug-likeness (QED) is 0.531. The molecule has 7 nitrogen and oxygen atoms in total. The van der Waals surface area contributed by atoms with Crippen molar-refractivity contribution >= 4 is 27.3 Å². The van der Waals surface area contributed by atoms with Crippen molar-refractivity contribution in [1.29, 1.82) is 0 Å². The highest BCUT2D eigenvalue weighted by molar-refractivity contribution is 7.92. The lowest BCUT2D eigenvalue weighted by atomic mass is 10.2. The lowest BCUT2D eigenvalue weighted by Gasteiger charge is -2.16. The molecular formula is C22H17F3N2O5S. The number of anilines is 2. The van der Waals surface area contributed by atoms with Gasteiger partial charge in [-0.3, -0.25) is 9.52 Å². The molecule has 0 saturated heterocycles. The predicted molar refractivity (Wildman–Crippen MR) is 114 cm³/mol. The van der Waals surface area contributed by atoms with Crippen LogP contribution in [0.25, 0.3) is 0 Å². The Morgan fingerprint density at radius 1 is 1.00 bits per heavy atom. The fourth-order valence-corrected chi connectivity index (χ4v) is 4.35. The number of hydrogen-bond acceptors (Lipinski definition) is 5. The first-order chi connectivity index (χ1) is 15.5. The fraction of sp³-hybridized carbons (Fsp3) is 0.136. The third kappa shape index (κ3) is 4.87. The summed E-state index contributed by atoms with van der Waals surface area (Å²) >= 11 is 0. The number of fused-ring (bicyclic) bond motifs is 1. The van der Waals surface area contributed by atoms with Gasteiger partial charge in [0.25, 0.3) is 10.0 Å². The molecule has 1 aliphatic heterocycles. The van der Waals surface area contributed by atoms with Crippen LogP contribution in [0, 0.1) is 0 Å². The molecule has 11 heteroatoms. The number of amides is 1. The monoisotopic (exact) mass is 478 g/mol. The first kappa shape index (κ1) is 22.5. The van der Waals surface area contributed by atoms with Crippen LogP contribution in [0.5, 0.6) is 17.2 Å². The second-order valence-electron chi connectivity index (χ2n) is 7.14. The van der Waals surface area contributed by atoms with Gasteiger partial charge < -0.3 is 14.8 Å². The molecule has 0 aliphatic carbocycles. The molecule has 1 aliphatic rings. The molecular weight excluding hydrogens is 461 g/mol. The van der Waals surface area contributed by atoms with E-state index in [0.29, 0.717) is 23.1 Å². The molecule has 1 heterocycles. The maximum absolute atomic E-state index is 13.3. The van der Waals surface area contributed by atoms with Crippen molar-refractivity contribution in [2.45, 2.75) is 17.5 Å². The number of carbonyl (C=O) groups excluding carboxylic acids is 1. The number of benzene rings is 3. The molecule has 0 aromatic heterocycles. The molecule has 1 amide bonds. The number of sulfonamides is 1. The number of rotatable bonds is 6. The predicted octanol–water partition coefficient (Wildman–Crippen LogP) is 4.80. The van der Waals surface area contributed by atoms with E-state index in [1.54, 1.807) is 18.2 Å². The summed E-state index contributed by atoms with van der Waals surface area (Å²) in [5.74, 6) is 0.261. The summed E-state index contributed by atoms with van der Waals surface area (Å²) in [5, 5.41) is 2.59. The van der Waals surface area contributed by atoms with Crippen LogP contribution in [0.1, 0.15) is 11.1 Å². The largest absolute Gasteiger partial charge is 0.497 e. The van der Waals surface area contributed by atoms with Crippen molar-refractivity contribution in [1.82, 2.24) is 0 Å². The van der Waals surface area contributed by atoms with E-state index >= 15 is 0 Å². The maximum atomic E-state index is 13.3. The van der Waals surface area contributed by atoms with Crippen molar-refractivity contribution in [3.8, 4) is 17.2 Å². The van der Waals surface area contributed by atoms with Gasteiger partial charge in [-0.2, -0.15) is 13.2 Å². The zero-order valence-electron chi connectivity index (χ0n) is 17.1. The fourth-order valence-electron chi connectivity index (χ4n) is 3.24. The number of methoxy groups -OCH3 is 1. The van der Waals surface area contributed by atoms with Gasteiger partial charge in [-0.05, 0) is 54.1 Å². The highest BCUT2D eigenvalue weighted by atomic mass is 32.2. The highest BCUT2D eigenvalue weighted by Gasteiger charge is 2.32. The third-order valence-corrected chi connectivity index (χ3v) is 6.20. The zero-order valence-corrected chi connectivity index (χ0v) is 17.9. The van der Waals surface area contributed by atoms with E-state index in [2.05, 4.69) is 10.0 Å². The number of carbonyl (C=O) groups is 1. The van der Waals surface area contributed by atoms with E-state index in [1.807, 2.05) is 0 Å². The second kappa shape index (κ2) is 8.32. The van der Waals surface area contributed by atoms with Crippen LogP contribution in [-0.2, 0) is 27.4 Å². The van der Waals surface area contributed by atoms with Crippen molar-refractivity contribution in [2.24, 2.45) is 0 Å². The Hall–Kier alpha value is -3.73. The summed E-state index contributed by atoms with van der Waals surface area (Å²) in [6, 6.07) is 12.8. The Balaban J connectivity index is 1.71. The number of halogens is 3. The maximum Gasteiger partial charge on any atom is 0.416 e. The Morgan fingerprint density at radius 2 is 1.76 bits per heavy atom. The summed E-state index contributed by atoms with van der Waals surface area (Å²) in [6.07, 6.45) is -4.69. The van der Waals surface area contributed by atoms with E-state index in [4.69, 9.17) is 9.47 Å². The Morgan fingerprint density at radius 3 is 2.48 bits per heavy atom. The van der Waals surface area contributed by atoms with E-state index < -0.39 is 27.5 Å². The van der Waals surface area contributed by atoms with Crippen LogP contribution in [0.4, 0.5) is 24.5 Å². The molecule has 2 N–H and O–H groups in total. The minimum atomic E-state index is -4.70. The summed E-state index contributed by atoms with van der Waals surface area (Å²) < 4.78 is 78.8. The zero-order chi connectivity index (χ0) is 23.8. The van der Waals surface area contributed by atoms with Crippen LogP contribution in [-0.4, -0.2) is 21.4 Å². The summed E-state index contributed by atoms with van der Waals surface area (Å²) in [5.41, 5.74) is -0.496. The molecule has 33 heavy (non-hydrogen) atoms. The van der Waals surface area contributed by atoms with Crippen LogP contribution in [0.3, 0.4) is 0 Å². The molecule has 4 rings (SSSR count). The Bertz CT molecular complexity index is 1340. The van der Waals surface area contributed by atoms with Gasteiger partial charge in [-0.25, -0.2) is 8.42 Å². The van der Waals surface area contributed by atoms with Gasteiger partial charge in [0.05, 0.1) is 29.7 Å². The van der Waals surface area contributed by atoms with Gasteiger partial charge in [0.15, 0.2) is 5.75 Å². The Labute approximate surface area is 187 Å². The molecule has 0 saturated carbocycles. The number of alkyl halides is 3. The number of nitrogens with one attached hydrogen (secondary N) is 2. The van der Waals surface area contributed by atoms with E-state index in [-0.39, 0.29) is 28.7 Å². The number of ether oxygens (including phenoxy) is 2. The van der Waals surface area contributed by atoms with Gasteiger partial charge in [-0.1, -0.05) is 6.07 Å². The van der Waals surface area contributed by atoms with Gasteiger partial charge in [0.1, 0.15) is 11.5 Å². The van der Waals surface area contributed by atoms with Crippen molar-refractivity contribution in [2.75, 3.05) is 17.1 Å². The average Bonchev–Trinajstić information content (AvgIpc) is 3.13. The van der Waals surface area contributed by atoms with Gasteiger partial charge in [-0.15, -0.1) is 0 Å². The van der Waals surface area contributed by atoms with Crippen LogP contribution >= 0.6 is 0 Å². The lowest BCUT2D eigenvalue weighted by Crippen LogP contribution is -2.15. The van der Waals surface area contributed by atoms with Crippen LogP contribution in [0.15, 0.2) is 65.6 Å². The summed E-state index contributed by atoms with van der Waals surface area (Å²) in [7, 11) is -2.86. The minimum Gasteiger partial charge on any atom is -0.497 e. The topological polar surface area (TPSA) is 93.7 Å². The highest BCUT2D eigenvalue weighted by Crippen LogP contribution is 2.38. The second-order valence-corrected chi connectivity index (χ2v) is 8.82. The third-order valence-electron chi connectivity index (χ3n) is 4.83. The molecule has 0 atom stereocenters. The van der Waals surface area contributed by atoms with Crippen molar-refractivity contribution in [3.05, 3.63) is 71.8 Å². The molecule has 0 unspecified atom stereocenters. The standard InChI is InChI=1S/C22H17F3N2O5S/c1-31-15-3-2-4-16(12-15)32-20-8-5-14(22(23,24)25)11-19(20)27-33(29,30)17-6-7-18-13(9-17)10-21(28)26-18/h2-9,11-12,27H,10H2,1H3,(H,26,28). The van der Waals surface area contributed by atoms with Gasteiger partial charge in [0.2, 0.25) is 5.91 Å². The van der Waals surface area contributed by atoms with E-state index in [9.17, 15) is 26.4 Å². The first-order valence-electron chi connectivity index (χ1n) is 9.54. The SMILES string of the molecule is COc1cccc(Oc2ccc(C(F)(F)F)cc2NS(=O)(=O)c2ccc3c(c2)CC(=O)N3)c1. The van der Waals surface area contributed by atoms with Gasteiger partial charge >= 0.3 is 6.18 Å². The van der Waals surface area contributed by atoms with Crippen LogP contribution in [0.2, 0.25) is 0 Å². The summed E-state index contributed by atoms with van der Waals surface area (Å²) in [6.45, 7) is 0. The molecule has 3 aromatic rings. The lowest BCUT2D eigenvalue weighted by molar-refractivity contribution is -0.137. The van der Waals surface area contributed by atoms with Gasteiger partial charge in [0, 0.05) is 11.8 Å². The normalized spacial score (nSPS) is 13.3. The van der Waals surface area contributed by atoms with Crippen molar-refractivity contribution < 1.29 is 35.9 Å². The Kier molecular flexibility index (Phi) is 5.66. The molecule has 172 valence electrons. The van der Waals surface area contributed by atoms with E-state index in [1.165, 1.54) is 31.4 Å².